The second-order valence-corrected chi connectivity index (χ2v) is 4.22. The van der Waals surface area contributed by atoms with Crippen molar-refractivity contribution in [2.24, 2.45) is 0 Å². The second-order valence-electron chi connectivity index (χ2n) is 4.22. The molecule has 18 heavy (non-hydrogen) atoms. The number of methoxy groups -OCH3 is 1. The highest BCUT2D eigenvalue weighted by atomic mass is 19.4. The summed E-state index contributed by atoms with van der Waals surface area (Å²) in [7, 11) is 1.53. The number of rotatable bonds is 5. The van der Waals surface area contributed by atoms with Gasteiger partial charge in [0.2, 0.25) is 0 Å². The lowest BCUT2D eigenvalue weighted by atomic mass is 9.98. The zero-order chi connectivity index (χ0) is 13.8. The largest absolute Gasteiger partial charge is 0.416 e. The van der Waals surface area contributed by atoms with Crippen molar-refractivity contribution in [1.29, 1.82) is 0 Å². The van der Waals surface area contributed by atoms with Gasteiger partial charge in [-0.1, -0.05) is 18.2 Å². The first-order chi connectivity index (χ1) is 8.36. The number of benzene rings is 1. The van der Waals surface area contributed by atoms with E-state index in [0.29, 0.717) is 6.42 Å². The van der Waals surface area contributed by atoms with E-state index in [1.807, 2.05) is 6.92 Å². The maximum atomic E-state index is 12.7. The fourth-order valence-electron chi connectivity index (χ4n) is 1.71. The summed E-state index contributed by atoms with van der Waals surface area (Å²) in [6.45, 7) is 1.81. The lowest BCUT2D eigenvalue weighted by Gasteiger charge is -2.18. The van der Waals surface area contributed by atoms with Crippen LogP contribution in [-0.2, 0) is 10.9 Å². The molecule has 0 aliphatic rings. The van der Waals surface area contributed by atoms with E-state index in [1.165, 1.54) is 25.3 Å². The first kappa shape index (κ1) is 15.0. The molecule has 5 heteroatoms. The number of aliphatic hydroxyl groups is 1. The average Bonchev–Trinajstić information content (AvgIpc) is 2.34. The molecule has 0 fully saturated rings. The molecule has 2 nitrogen and oxygen atoms in total. The van der Waals surface area contributed by atoms with E-state index in [2.05, 4.69) is 0 Å². The minimum Gasteiger partial charge on any atom is -0.388 e. The highest BCUT2D eigenvalue weighted by Gasteiger charge is 2.34. The Morgan fingerprint density at radius 3 is 2.39 bits per heavy atom. The smallest absolute Gasteiger partial charge is 0.388 e. The molecule has 102 valence electrons. The van der Waals surface area contributed by atoms with Gasteiger partial charge in [-0.3, -0.25) is 0 Å². The number of alkyl halides is 3. The van der Waals surface area contributed by atoms with Gasteiger partial charge in [0.1, 0.15) is 0 Å². The molecule has 1 aromatic carbocycles. The Bertz CT molecular complexity index is 377. The van der Waals surface area contributed by atoms with Crippen LogP contribution >= 0.6 is 0 Å². The number of hydrogen-bond acceptors (Lipinski definition) is 2. The van der Waals surface area contributed by atoms with Gasteiger partial charge in [0.15, 0.2) is 0 Å². The predicted molar refractivity (Wildman–Crippen MR) is 62.1 cm³/mol. The van der Waals surface area contributed by atoms with Crippen LogP contribution in [-0.4, -0.2) is 18.3 Å². The lowest BCUT2D eigenvalue weighted by molar-refractivity contribution is -0.139. The van der Waals surface area contributed by atoms with Gasteiger partial charge in [0.05, 0.1) is 17.8 Å². The number of aliphatic hydroxyl groups excluding tert-OH is 1. The molecule has 0 aromatic heterocycles. The molecular formula is C13H17F3O2. The highest BCUT2D eigenvalue weighted by Crippen LogP contribution is 2.35. The van der Waals surface area contributed by atoms with Crippen molar-refractivity contribution in [2.45, 2.75) is 38.1 Å². The molecule has 0 saturated carbocycles. The van der Waals surface area contributed by atoms with Crippen molar-refractivity contribution >= 4 is 0 Å². The zero-order valence-electron chi connectivity index (χ0n) is 10.4. The lowest BCUT2D eigenvalue weighted by Crippen LogP contribution is -2.13. The van der Waals surface area contributed by atoms with E-state index in [0.717, 1.165) is 6.07 Å². The van der Waals surface area contributed by atoms with Crippen LogP contribution in [0, 0.1) is 0 Å². The van der Waals surface area contributed by atoms with E-state index in [-0.39, 0.29) is 18.1 Å². The molecule has 1 aromatic rings. The number of ether oxygens (including phenoxy) is 1. The molecule has 0 aliphatic carbocycles. The molecule has 1 N–H and O–H groups in total. The third-order valence-corrected chi connectivity index (χ3v) is 2.87. The molecule has 0 spiro atoms. The Morgan fingerprint density at radius 1 is 1.22 bits per heavy atom. The van der Waals surface area contributed by atoms with Crippen molar-refractivity contribution in [3.63, 3.8) is 0 Å². The monoisotopic (exact) mass is 262 g/mol. The third-order valence-electron chi connectivity index (χ3n) is 2.87. The topological polar surface area (TPSA) is 29.5 Å². The minimum atomic E-state index is -4.44. The minimum absolute atomic E-state index is 0.0756. The summed E-state index contributed by atoms with van der Waals surface area (Å²) in [5.41, 5.74) is -0.851. The normalized spacial score (nSPS) is 15.4. The fraction of sp³-hybridized carbons (Fsp3) is 0.538. The Labute approximate surface area is 104 Å². The van der Waals surface area contributed by atoms with Gasteiger partial charge in [-0.05, 0) is 31.4 Å². The van der Waals surface area contributed by atoms with Crippen LogP contribution in [0.3, 0.4) is 0 Å². The highest BCUT2D eigenvalue weighted by molar-refractivity contribution is 5.31. The number of halogens is 3. The van der Waals surface area contributed by atoms with Crippen LogP contribution in [0.2, 0.25) is 0 Å². The van der Waals surface area contributed by atoms with Crippen molar-refractivity contribution < 1.29 is 23.0 Å². The molecular weight excluding hydrogens is 245 g/mol. The summed E-state index contributed by atoms with van der Waals surface area (Å²) in [6, 6.07) is 5.10. The third kappa shape index (κ3) is 3.99. The van der Waals surface area contributed by atoms with Crippen LogP contribution in [0.5, 0.6) is 0 Å². The van der Waals surface area contributed by atoms with Gasteiger partial charge < -0.3 is 9.84 Å². The Kier molecular flexibility index (Phi) is 5.16. The van der Waals surface area contributed by atoms with Crippen LogP contribution < -0.4 is 0 Å². The van der Waals surface area contributed by atoms with E-state index < -0.39 is 17.8 Å². The quantitative estimate of drug-likeness (QED) is 0.879. The Morgan fingerprint density at radius 2 is 1.83 bits per heavy atom. The van der Waals surface area contributed by atoms with Crippen molar-refractivity contribution in [2.75, 3.05) is 7.11 Å². The number of hydrogen-bond donors (Lipinski definition) is 1. The molecule has 2 atom stereocenters. The zero-order valence-corrected chi connectivity index (χ0v) is 10.4. The summed E-state index contributed by atoms with van der Waals surface area (Å²) < 4.78 is 43.2. The van der Waals surface area contributed by atoms with E-state index in [9.17, 15) is 18.3 Å². The van der Waals surface area contributed by atoms with Crippen LogP contribution in [0.1, 0.15) is 37.0 Å². The first-order valence-corrected chi connectivity index (χ1v) is 5.73. The average molecular weight is 262 g/mol. The second kappa shape index (κ2) is 6.20. The van der Waals surface area contributed by atoms with Crippen molar-refractivity contribution in [3.8, 4) is 0 Å². The molecule has 0 bridgehead atoms. The Hall–Kier alpha value is -1.07. The SMILES string of the molecule is COC(C)CCC(O)c1ccccc1C(F)(F)F. The van der Waals surface area contributed by atoms with Gasteiger partial charge >= 0.3 is 6.18 Å². The van der Waals surface area contributed by atoms with Gasteiger partial charge in [-0.2, -0.15) is 13.2 Å². The maximum Gasteiger partial charge on any atom is 0.416 e. The van der Waals surface area contributed by atoms with Crippen molar-refractivity contribution in [3.05, 3.63) is 35.4 Å². The van der Waals surface area contributed by atoms with Crippen molar-refractivity contribution in [1.82, 2.24) is 0 Å². The Balaban J connectivity index is 2.82. The van der Waals surface area contributed by atoms with Gasteiger partial charge in [0.25, 0.3) is 0 Å². The molecule has 2 unspecified atom stereocenters. The maximum absolute atomic E-state index is 12.7. The van der Waals surface area contributed by atoms with Crippen LogP contribution in [0.25, 0.3) is 0 Å². The van der Waals surface area contributed by atoms with Gasteiger partial charge in [0, 0.05) is 7.11 Å². The van der Waals surface area contributed by atoms with E-state index in [4.69, 9.17) is 4.74 Å². The molecule has 0 aliphatic heterocycles. The van der Waals surface area contributed by atoms with E-state index in [1.54, 1.807) is 0 Å². The predicted octanol–water partition coefficient (Wildman–Crippen LogP) is 3.55. The van der Waals surface area contributed by atoms with E-state index >= 15 is 0 Å². The summed E-state index contributed by atoms with van der Waals surface area (Å²) in [5.74, 6) is 0. The van der Waals surface area contributed by atoms with Gasteiger partial charge in [-0.25, -0.2) is 0 Å². The summed E-state index contributed by atoms with van der Waals surface area (Å²) in [6.07, 6.45) is -4.91. The van der Waals surface area contributed by atoms with Crippen LogP contribution in [0.15, 0.2) is 24.3 Å². The van der Waals surface area contributed by atoms with Gasteiger partial charge in [-0.15, -0.1) is 0 Å². The molecule has 0 radical (unpaired) electrons. The summed E-state index contributed by atoms with van der Waals surface area (Å²) >= 11 is 0. The molecule has 0 heterocycles. The standard InChI is InChI=1S/C13H17F3O2/c1-9(18-2)7-8-12(17)10-5-3-4-6-11(10)13(14,15)16/h3-6,9,12,17H,7-8H2,1-2H3. The van der Waals surface area contributed by atoms with Crippen LogP contribution in [0.4, 0.5) is 13.2 Å². The molecule has 0 amide bonds. The molecule has 1 rings (SSSR count). The molecule has 0 saturated heterocycles. The fourth-order valence-corrected chi connectivity index (χ4v) is 1.71. The summed E-state index contributed by atoms with van der Waals surface area (Å²) in [4.78, 5) is 0. The summed E-state index contributed by atoms with van der Waals surface area (Å²) in [5, 5.41) is 9.85. The first-order valence-electron chi connectivity index (χ1n) is 5.73.